The van der Waals surface area contributed by atoms with Crippen molar-refractivity contribution in [3.63, 3.8) is 0 Å². The Morgan fingerprint density at radius 3 is 2.88 bits per heavy atom. The van der Waals surface area contributed by atoms with E-state index in [-0.39, 0.29) is 28.5 Å². The molecule has 0 radical (unpaired) electrons. The molecule has 1 aromatic heterocycles. The van der Waals surface area contributed by atoms with E-state index in [1.807, 2.05) is 0 Å². The maximum Gasteiger partial charge on any atom is 0.187 e. The van der Waals surface area contributed by atoms with E-state index in [0.29, 0.717) is 0 Å². The molecule has 2 rings (SSSR count). The van der Waals surface area contributed by atoms with Crippen LogP contribution in [0.4, 0.5) is 4.39 Å². The lowest BCUT2D eigenvalue weighted by Crippen LogP contribution is -2.07. The highest BCUT2D eigenvalue weighted by atomic mass is 35.5. The van der Waals surface area contributed by atoms with Gasteiger partial charge in [-0.2, -0.15) is 0 Å². The van der Waals surface area contributed by atoms with Crippen molar-refractivity contribution < 1.29 is 9.18 Å². The Balaban J connectivity index is 2.22. The first-order valence-electron chi connectivity index (χ1n) is 4.90. The van der Waals surface area contributed by atoms with Crippen molar-refractivity contribution in [3.8, 4) is 0 Å². The van der Waals surface area contributed by atoms with E-state index in [9.17, 15) is 9.18 Å². The molecule has 1 heterocycles. The lowest BCUT2D eigenvalue weighted by atomic mass is 10.1. The number of rotatable bonds is 3. The van der Waals surface area contributed by atoms with Gasteiger partial charge >= 0.3 is 0 Å². The van der Waals surface area contributed by atoms with Crippen molar-refractivity contribution in [1.29, 1.82) is 0 Å². The minimum absolute atomic E-state index is 0.00875. The SMILES string of the molecule is O=C(Cc1cccc(Cl)c1F)c1cnccn1. The molecule has 86 valence electrons. The summed E-state index contributed by atoms with van der Waals surface area (Å²) in [4.78, 5) is 19.4. The standard InChI is InChI=1S/C12H8ClFN2O/c13-9-3-1-2-8(12(9)14)6-11(17)10-7-15-4-5-16-10/h1-5,7H,6H2. The van der Waals surface area contributed by atoms with Gasteiger partial charge in [-0.25, -0.2) is 9.37 Å². The number of halogens is 2. The molecular formula is C12H8ClFN2O. The first kappa shape index (κ1) is 11.7. The summed E-state index contributed by atoms with van der Waals surface area (Å²) in [6.45, 7) is 0. The molecule has 17 heavy (non-hydrogen) atoms. The van der Waals surface area contributed by atoms with Gasteiger partial charge in [0.25, 0.3) is 0 Å². The molecule has 2 aromatic rings. The number of nitrogens with zero attached hydrogens (tertiary/aromatic N) is 2. The molecular weight excluding hydrogens is 243 g/mol. The van der Waals surface area contributed by atoms with E-state index in [4.69, 9.17) is 11.6 Å². The Labute approximate surface area is 102 Å². The summed E-state index contributed by atoms with van der Waals surface area (Å²) in [5.74, 6) is -0.856. The van der Waals surface area contributed by atoms with Crippen LogP contribution in [0.3, 0.4) is 0 Å². The van der Waals surface area contributed by atoms with Crippen LogP contribution >= 0.6 is 11.6 Å². The van der Waals surface area contributed by atoms with Crippen molar-refractivity contribution in [2.75, 3.05) is 0 Å². The van der Waals surface area contributed by atoms with Crippen LogP contribution < -0.4 is 0 Å². The molecule has 0 unspecified atom stereocenters. The van der Waals surface area contributed by atoms with Crippen molar-refractivity contribution >= 4 is 17.4 Å². The smallest absolute Gasteiger partial charge is 0.187 e. The minimum Gasteiger partial charge on any atom is -0.292 e. The average molecular weight is 251 g/mol. The molecule has 0 aliphatic carbocycles. The molecule has 1 aromatic carbocycles. The number of aromatic nitrogens is 2. The van der Waals surface area contributed by atoms with Gasteiger partial charge in [0.2, 0.25) is 0 Å². The molecule has 3 nitrogen and oxygen atoms in total. The summed E-state index contributed by atoms with van der Waals surface area (Å²) in [6.07, 6.45) is 4.16. The third-order valence-corrected chi connectivity index (χ3v) is 2.52. The van der Waals surface area contributed by atoms with Crippen LogP contribution in [-0.4, -0.2) is 15.8 Å². The Morgan fingerprint density at radius 2 is 2.18 bits per heavy atom. The van der Waals surface area contributed by atoms with E-state index in [1.165, 1.54) is 30.7 Å². The fourth-order valence-corrected chi connectivity index (χ4v) is 1.59. The molecule has 0 fully saturated rings. The lowest BCUT2D eigenvalue weighted by Gasteiger charge is -2.03. The van der Waals surface area contributed by atoms with Gasteiger partial charge in [-0.3, -0.25) is 9.78 Å². The second-order valence-electron chi connectivity index (χ2n) is 3.40. The average Bonchev–Trinajstić information content (AvgIpc) is 2.36. The maximum atomic E-state index is 13.6. The number of benzene rings is 1. The summed E-state index contributed by atoms with van der Waals surface area (Å²) in [5.41, 5.74) is 0.472. The number of carbonyl (C=O) groups is 1. The maximum absolute atomic E-state index is 13.6. The predicted octanol–water partition coefficient (Wildman–Crippen LogP) is 2.69. The zero-order valence-electron chi connectivity index (χ0n) is 8.73. The highest BCUT2D eigenvalue weighted by Gasteiger charge is 2.13. The Hall–Kier alpha value is -1.81. The number of hydrogen-bond acceptors (Lipinski definition) is 3. The highest BCUT2D eigenvalue weighted by molar-refractivity contribution is 6.30. The fraction of sp³-hybridized carbons (Fsp3) is 0.0833. The molecule has 0 N–H and O–H groups in total. The molecule has 0 amide bonds. The summed E-state index contributed by atoms with van der Waals surface area (Å²) in [5, 5.41) is 0.00875. The van der Waals surface area contributed by atoms with Gasteiger partial charge in [0, 0.05) is 18.8 Å². The van der Waals surface area contributed by atoms with E-state index in [2.05, 4.69) is 9.97 Å². The fourth-order valence-electron chi connectivity index (χ4n) is 1.39. The van der Waals surface area contributed by atoms with Gasteiger partial charge in [0.05, 0.1) is 11.2 Å². The van der Waals surface area contributed by atoms with Gasteiger partial charge < -0.3 is 0 Å². The topological polar surface area (TPSA) is 42.9 Å². The van der Waals surface area contributed by atoms with E-state index in [0.717, 1.165) is 0 Å². The molecule has 0 aliphatic rings. The van der Waals surface area contributed by atoms with Gasteiger partial charge in [0.15, 0.2) is 5.78 Å². The van der Waals surface area contributed by atoms with Crippen LogP contribution in [0.2, 0.25) is 5.02 Å². The summed E-state index contributed by atoms with van der Waals surface area (Å²) in [6, 6.07) is 4.56. The Morgan fingerprint density at radius 1 is 1.35 bits per heavy atom. The van der Waals surface area contributed by atoms with E-state index in [1.54, 1.807) is 6.07 Å². The molecule has 0 saturated carbocycles. The summed E-state index contributed by atoms with van der Waals surface area (Å²) < 4.78 is 13.6. The molecule has 0 bridgehead atoms. The second-order valence-corrected chi connectivity index (χ2v) is 3.81. The van der Waals surface area contributed by atoms with Crippen LogP contribution in [0.1, 0.15) is 16.1 Å². The third-order valence-electron chi connectivity index (χ3n) is 2.23. The molecule has 5 heteroatoms. The quantitative estimate of drug-likeness (QED) is 0.787. The van der Waals surface area contributed by atoms with Gasteiger partial charge in [-0.1, -0.05) is 23.7 Å². The Kier molecular flexibility index (Phi) is 3.44. The van der Waals surface area contributed by atoms with Gasteiger partial charge in [0.1, 0.15) is 11.5 Å². The van der Waals surface area contributed by atoms with Gasteiger partial charge in [-0.15, -0.1) is 0 Å². The molecule has 0 atom stereocenters. The van der Waals surface area contributed by atoms with Crippen LogP contribution in [0.25, 0.3) is 0 Å². The number of Topliss-reactive ketones (excluding diaryl/α,β-unsaturated/α-hetero) is 1. The number of ketones is 1. The lowest BCUT2D eigenvalue weighted by molar-refractivity contribution is 0.0986. The van der Waals surface area contributed by atoms with Crippen LogP contribution in [0, 0.1) is 5.82 Å². The predicted molar refractivity (Wildman–Crippen MR) is 61.5 cm³/mol. The minimum atomic E-state index is -0.564. The first-order valence-corrected chi connectivity index (χ1v) is 5.28. The van der Waals surface area contributed by atoms with Crippen molar-refractivity contribution in [1.82, 2.24) is 9.97 Å². The zero-order chi connectivity index (χ0) is 12.3. The first-order chi connectivity index (χ1) is 8.18. The molecule has 0 spiro atoms. The second kappa shape index (κ2) is 5.01. The van der Waals surface area contributed by atoms with Gasteiger partial charge in [-0.05, 0) is 11.6 Å². The van der Waals surface area contributed by atoms with E-state index < -0.39 is 5.82 Å². The van der Waals surface area contributed by atoms with Crippen LogP contribution in [0.5, 0.6) is 0 Å². The van der Waals surface area contributed by atoms with Crippen molar-refractivity contribution in [3.05, 3.63) is 58.9 Å². The largest absolute Gasteiger partial charge is 0.292 e. The van der Waals surface area contributed by atoms with Crippen LogP contribution in [0.15, 0.2) is 36.8 Å². The van der Waals surface area contributed by atoms with Crippen molar-refractivity contribution in [2.24, 2.45) is 0 Å². The van der Waals surface area contributed by atoms with Crippen LogP contribution in [-0.2, 0) is 6.42 Å². The summed E-state index contributed by atoms with van der Waals surface area (Å²) in [7, 11) is 0. The normalized spacial score (nSPS) is 10.2. The number of hydrogen-bond donors (Lipinski definition) is 0. The third kappa shape index (κ3) is 2.65. The zero-order valence-corrected chi connectivity index (χ0v) is 9.49. The number of carbonyl (C=O) groups excluding carboxylic acids is 1. The summed E-state index contributed by atoms with van der Waals surface area (Å²) >= 11 is 5.63. The monoisotopic (exact) mass is 250 g/mol. The van der Waals surface area contributed by atoms with E-state index >= 15 is 0 Å². The Bertz CT molecular complexity index is 545. The van der Waals surface area contributed by atoms with Crippen molar-refractivity contribution in [2.45, 2.75) is 6.42 Å². The molecule has 0 aliphatic heterocycles. The molecule has 0 saturated heterocycles. The highest BCUT2D eigenvalue weighted by Crippen LogP contribution is 2.19.